The Morgan fingerprint density at radius 1 is 1.25 bits per heavy atom. The van der Waals surface area contributed by atoms with Crippen molar-refractivity contribution in [2.24, 2.45) is 0 Å². The Balaban J connectivity index is 1.90. The lowest BCUT2D eigenvalue weighted by Crippen LogP contribution is -2.21. The fourth-order valence-electron chi connectivity index (χ4n) is 2.75. The minimum atomic E-state index is -0.348. The number of fused-ring (bicyclic) bond motifs is 1. The normalized spacial score (nSPS) is 17.1. The van der Waals surface area contributed by atoms with Gasteiger partial charge in [0.05, 0.1) is 6.61 Å². The first-order chi connectivity index (χ1) is 11.7. The Hall–Kier alpha value is -2.34. The minimum Gasteiger partial charge on any atom is -0.393 e. The zero-order chi connectivity index (χ0) is 16.7. The van der Waals surface area contributed by atoms with E-state index in [1.807, 2.05) is 66.2 Å². The molecule has 24 heavy (non-hydrogen) atoms. The fourth-order valence-corrected chi connectivity index (χ4v) is 2.88. The van der Waals surface area contributed by atoms with E-state index in [9.17, 15) is 5.11 Å². The van der Waals surface area contributed by atoms with Crippen LogP contribution in [0.25, 0.3) is 16.9 Å². The lowest BCUT2D eigenvalue weighted by molar-refractivity contribution is 0.0555. The molecule has 6 heteroatoms. The van der Waals surface area contributed by atoms with Crippen molar-refractivity contribution in [1.82, 2.24) is 9.38 Å². The van der Waals surface area contributed by atoms with Crippen molar-refractivity contribution >= 4 is 23.1 Å². The van der Waals surface area contributed by atoms with Gasteiger partial charge in [-0.15, -0.1) is 0 Å². The first-order valence-corrected chi connectivity index (χ1v) is 8.03. The van der Waals surface area contributed by atoms with E-state index in [4.69, 9.17) is 21.4 Å². The second kappa shape index (κ2) is 5.94. The third-order valence-electron chi connectivity index (χ3n) is 3.95. The number of hydrogen-bond acceptors (Lipinski definition) is 4. The highest BCUT2D eigenvalue weighted by molar-refractivity contribution is 6.30. The van der Waals surface area contributed by atoms with Gasteiger partial charge in [0.1, 0.15) is 17.4 Å². The Kier molecular flexibility index (Phi) is 3.76. The van der Waals surface area contributed by atoms with Crippen LogP contribution in [0.5, 0.6) is 0 Å². The first kappa shape index (κ1) is 15.2. The molecule has 0 fully saturated rings. The van der Waals surface area contributed by atoms with Gasteiger partial charge in [-0.25, -0.2) is 10.0 Å². The number of pyridine rings is 1. The van der Waals surface area contributed by atoms with Crippen LogP contribution in [0.3, 0.4) is 0 Å². The molecule has 0 bridgehead atoms. The number of aryl methyl sites for hydroxylation is 1. The van der Waals surface area contributed by atoms with Crippen LogP contribution in [-0.2, 0) is 4.84 Å². The molecular weight excluding hydrogens is 326 g/mol. The van der Waals surface area contributed by atoms with Gasteiger partial charge < -0.3 is 5.11 Å². The zero-order valence-electron chi connectivity index (χ0n) is 13.1. The lowest BCUT2D eigenvalue weighted by Gasteiger charge is -2.18. The van der Waals surface area contributed by atoms with Crippen LogP contribution in [0.1, 0.15) is 5.56 Å². The average Bonchev–Trinajstić information content (AvgIpc) is 3.18. The zero-order valence-corrected chi connectivity index (χ0v) is 13.8. The minimum absolute atomic E-state index is 0.0703. The molecule has 1 aliphatic heterocycles. The van der Waals surface area contributed by atoms with E-state index in [1.165, 1.54) is 0 Å². The Morgan fingerprint density at radius 3 is 2.75 bits per heavy atom. The number of aromatic nitrogens is 2. The fraction of sp³-hybridized carbons (Fsp3) is 0.167. The van der Waals surface area contributed by atoms with E-state index in [-0.39, 0.29) is 12.7 Å². The van der Waals surface area contributed by atoms with Gasteiger partial charge in [-0.2, -0.15) is 0 Å². The van der Waals surface area contributed by atoms with Crippen molar-refractivity contribution in [3.05, 3.63) is 65.5 Å². The number of benzene rings is 1. The average molecular weight is 342 g/mol. The number of aliphatic hydroxyl groups is 1. The van der Waals surface area contributed by atoms with Crippen LogP contribution in [0.15, 0.2) is 54.9 Å². The summed E-state index contributed by atoms with van der Waals surface area (Å²) in [6.45, 7) is 1.96. The van der Waals surface area contributed by atoms with Gasteiger partial charge in [-0.1, -0.05) is 23.7 Å². The molecule has 0 radical (unpaired) electrons. The topological polar surface area (TPSA) is 50.0 Å². The molecular formula is C18H16ClN3O2. The van der Waals surface area contributed by atoms with Crippen molar-refractivity contribution in [2.45, 2.75) is 13.0 Å². The molecule has 0 saturated heterocycles. The maximum Gasteiger partial charge on any atom is 0.170 e. The quantitative estimate of drug-likeness (QED) is 0.791. The van der Waals surface area contributed by atoms with Crippen LogP contribution in [0.2, 0.25) is 5.02 Å². The summed E-state index contributed by atoms with van der Waals surface area (Å²) in [5.41, 5.74) is 3.70. The van der Waals surface area contributed by atoms with Crippen LogP contribution in [0, 0.1) is 6.92 Å². The van der Waals surface area contributed by atoms with Gasteiger partial charge in [0.15, 0.2) is 5.82 Å². The molecule has 5 nitrogen and oxygen atoms in total. The monoisotopic (exact) mass is 341 g/mol. The molecule has 3 aromatic rings. The van der Waals surface area contributed by atoms with E-state index in [0.29, 0.717) is 5.02 Å². The van der Waals surface area contributed by atoms with Crippen molar-refractivity contribution in [3.63, 3.8) is 0 Å². The van der Waals surface area contributed by atoms with E-state index in [2.05, 4.69) is 0 Å². The molecule has 1 unspecified atom stereocenters. The molecule has 3 heterocycles. The summed E-state index contributed by atoms with van der Waals surface area (Å²) in [6.07, 6.45) is 5.25. The number of hydrogen-bond donors (Lipinski definition) is 1. The van der Waals surface area contributed by atoms with Crippen LogP contribution >= 0.6 is 11.6 Å². The second-order valence-electron chi connectivity index (χ2n) is 5.72. The van der Waals surface area contributed by atoms with E-state index < -0.39 is 0 Å². The summed E-state index contributed by atoms with van der Waals surface area (Å²) in [4.78, 5) is 10.5. The summed E-state index contributed by atoms with van der Waals surface area (Å²) in [5.74, 6) is 0.791. The van der Waals surface area contributed by atoms with E-state index in [1.54, 1.807) is 5.06 Å². The van der Waals surface area contributed by atoms with E-state index in [0.717, 1.165) is 28.3 Å². The lowest BCUT2D eigenvalue weighted by atomic mass is 10.1. The predicted octanol–water partition coefficient (Wildman–Crippen LogP) is 3.59. The van der Waals surface area contributed by atoms with Gasteiger partial charge in [-0.3, -0.25) is 9.24 Å². The molecule has 0 amide bonds. The Labute approximate surface area is 144 Å². The number of halogens is 1. The second-order valence-corrected chi connectivity index (χ2v) is 6.15. The molecule has 1 N–H and O–H groups in total. The standard InChI is InChI=1S/C18H16ClN3O2/c1-12-6-8-21-16(10-12)20-17(13-2-4-14(19)5-3-13)18(21)22-9-7-15(11-23)24-22/h2-10,15,23H,11H2,1H3. The van der Waals surface area contributed by atoms with E-state index >= 15 is 0 Å². The maximum absolute atomic E-state index is 9.31. The molecule has 2 aromatic heterocycles. The third kappa shape index (κ3) is 2.57. The summed E-state index contributed by atoms with van der Waals surface area (Å²) in [5, 5.41) is 11.6. The van der Waals surface area contributed by atoms with Crippen LogP contribution in [0.4, 0.5) is 5.82 Å². The highest BCUT2D eigenvalue weighted by atomic mass is 35.5. The molecule has 1 aromatic carbocycles. The number of rotatable bonds is 3. The Bertz CT molecular complexity index is 918. The summed E-state index contributed by atoms with van der Waals surface area (Å²) in [6, 6.07) is 11.6. The number of nitrogens with zero attached hydrogens (tertiary/aromatic N) is 3. The maximum atomic E-state index is 9.31. The highest BCUT2D eigenvalue weighted by Gasteiger charge is 2.25. The molecule has 122 valence electrons. The smallest absolute Gasteiger partial charge is 0.170 e. The van der Waals surface area contributed by atoms with Crippen molar-refractivity contribution in [2.75, 3.05) is 11.7 Å². The number of aliphatic hydroxyl groups excluding tert-OH is 1. The SMILES string of the molecule is Cc1ccn2c(N3C=CC(CO)O3)c(-c3ccc(Cl)cc3)nc2c1. The largest absolute Gasteiger partial charge is 0.393 e. The van der Waals surface area contributed by atoms with Gasteiger partial charge >= 0.3 is 0 Å². The third-order valence-corrected chi connectivity index (χ3v) is 4.20. The number of anilines is 1. The van der Waals surface area contributed by atoms with Crippen LogP contribution < -0.4 is 5.06 Å². The van der Waals surface area contributed by atoms with Gasteiger partial charge in [0.2, 0.25) is 0 Å². The number of imidazole rings is 1. The number of hydroxylamine groups is 1. The van der Waals surface area contributed by atoms with Crippen LogP contribution in [-0.4, -0.2) is 27.2 Å². The highest BCUT2D eigenvalue weighted by Crippen LogP contribution is 2.34. The van der Waals surface area contributed by atoms with Crippen molar-refractivity contribution in [1.29, 1.82) is 0 Å². The molecule has 1 atom stereocenters. The van der Waals surface area contributed by atoms with Gasteiger partial charge in [0.25, 0.3) is 0 Å². The molecule has 0 spiro atoms. The van der Waals surface area contributed by atoms with Gasteiger partial charge in [-0.05, 0) is 42.8 Å². The molecule has 0 aliphatic carbocycles. The summed E-state index contributed by atoms with van der Waals surface area (Å²) < 4.78 is 1.97. The predicted molar refractivity (Wildman–Crippen MR) is 94.0 cm³/mol. The van der Waals surface area contributed by atoms with Crippen molar-refractivity contribution < 1.29 is 9.94 Å². The van der Waals surface area contributed by atoms with Gasteiger partial charge in [0, 0.05) is 23.0 Å². The summed E-state index contributed by atoms with van der Waals surface area (Å²) in [7, 11) is 0. The first-order valence-electron chi connectivity index (χ1n) is 7.65. The van der Waals surface area contributed by atoms with Crippen molar-refractivity contribution in [3.8, 4) is 11.3 Å². The molecule has 4 rings (SSSR count). The molecule has 0 saturated carbocycles. The summed E-state index contributed by atoms with van der Waals surface area (Å²) >= 11 is 6.00. The Morgan fingerprint density at radius 2 is 2.04 bits per heavy atom. The molecule has 1 aliphatic rings.